The van der Waals surface area contributed by atoms with Crippen molar-refractivity contribution in [2.75, 3.05) is 20.3 Å². The zero-order chi connectivity index (χ0) is 14.3. The lowest BCUT2D eigenvalue weighted by Gasteiger charge is -2.12. The first-order chi connectivity index (χ1) is 9.10. The number of nitrogens with one attached hydrogen (secondary N) is 1. The average molecular weight is 269 g/mol. The maximum Gasteiger partial charge on any atom is 0.412 e. The predicted octanol–water partition coefficient (Wildman–Crippen LogP) is -0.0852. The fraction of sp³-hybridized carbons (Fsp3) is 0.333. The smallest absolute Gasteiger partial charge is 0.412 e. The number of aliphatic hydroxyl groups excluding tert-OH is 2. The Bertz CT molecular complexity index is 426. The van der Waals surface area contributed by atoms with E-state index in [1.807, 2.05) is 0 Å². The molecule has 19 heavy (non-hydrogen) atoms. The second-order valence-corrected chi connectivity index (χ2v) is 3.56. The quantitative estimate of drug-likeness (QED) is 0.645. The molecule has 0 aliphatic heterocycles. The summed E-state index contributed by atoms with van der Waals surface area (Å²) >= 11 is 0. The van der Waals surface area contributed by atoms with Crippen LogP contribution in [0.15, 0.2) is 24.3 Å². The second-order valence-electron chi connectivity index (χ2n) is 3.56. The highest BCUT2D eigenvalue weighted by Crippen LogP contribution is 2.13. The van der Waals surface area contributed by atoms with Crippen molar-refractivity contribution in [3.63, 3.8) is 0 Å². The molecule has 1 amide bonds. The third kappa shape index (κ3) is 4.57. The van der Waals surface area contributed by atoms with Gasteiger partial charge in [-0.3, -0.25) is 0 Å². The molecule has 104 valence electrons. The first-order valence-corrected chi connectivity index (χ1v) is 5.53. The van der Waals surface area contributed by atoms with Crippen LogP contribution in [0.3, 0.4) is 0 Å². The van der Waals surface area contributed by atoms with Crippen molar-refractivity contribution in [3.8, 4) is 5.75 Å². The van der Waals surface area contributed by atoms with Gasteiger partial charge in [0.2, 0.25) is 0 Å². The molecule has 0 spiro atoms. The van der Waals surface area contributed by atoms with Crippen molar-refractivity contribution in [1.82, 2.24) is 5.32 Å². The van der Waals surface area contributed by atoms with E-state index in [1.54, 1.807) is 0 Å². The molecule has 0 aromatic heterocycles. The zero-order valence-corrected chi connectivity index (χ0v) is 10.3. The number of carbonyl (C=O) groups excluding carboxylic acids is 2. The number of esters is 1. The Hall–Kier alpha value is -2.12. The molecule has 0 aliphatic carbocycles. The van der Waals surface area contributed by atoms with E-state index >= 15 is 0 Å². The van der Waals surface area contributed by atoms with E-state index in [9.17, 15) is 9.59 Å². The molecule has 7 heteroatoms. The lowest BCUT2D eigenvalue weighted by molar-refractivity contribution is -0.00544. The highest BCUT2D eigenvalue weighted by Gasteiger charge is 2.14. The molecular formula is C12H15NO6. The van der Waals surface area contributed by atoms with Gasteiger partial charge in [-0.1, -0.05) is 0 Å². The first-order valence-electron chi connectivity index (χ1n) is 5.53. The Kier molecular flexibility index (Phi) is 5.77. The Morgan fingerprint density at radius 1 is 1.21 bits per heavy atom. The minimum atomic E-state index is -0.950. The molecule has 1 rings (SSSR count). The summed E-state index contributed by atoms with van der Waals surface area (Å²) < 4.78 is 9.66. The highest BCUT2D eigenvalue weighted by molar-refractivity contribution is 5.89. The van der Waals surface area contributed by atoms with Crippen LogP contribution in [0.1, 0.15) is 10.4 Å². The van der Waals surface area contributed by atoms with Gasteiger partial charge in [-0.05, 0) is 24.3 Å². The summed E-state index contributed by atoms with van der Waals surface area (Å²) in [4.78, 5) is 22.5. The van der Waals surface area contributed by atoms with Gasteiger partial charge >= 0.3 is 12.1 Å². The van der Waals surface area contributed by atoms with Crippen LogP contribution in [-0.2, 0) is 4.74 Å². The maximum absolute atomic E-state index is 11.6. The molecule has 1 aromatic rings. The van der Waals surface area contributed by atoms with Crippen LogP contribution in [0.4, 0.5) is 4.79 Å². The van der Waals surface area contributed by atoms with Crippen molar-refractivity contribution in [2.24, 2.45) is 0 Å². The molecule has 0 heterocycles. The molecule has 0 aliphatic rings. The first kappa shape index (κ1) is 14.9. The van der Waals surface area contributed by atoms with Gasteiger partial charge in [-0.25, -0.2) is 9.59 Å². The topological polar surface area (TPSA) is 105 Å². The molecule has 1 aromatic carbocycles. The molecule has 0 unspecified atom stereocenters. The van der Waals surface area contributed by atoms with Crippen LogP contribution in [-0.4, -0.2) is 48.6 Å². The van der Waals surface area contributed by atoms with E-state index in [2.05, 4.69) is 5.32 Å². The van der Waals surface area contributed by atoms with Gasteiger partial charge in [0, 0.05) is 7.05 Å². The molecule has 7 nitrogen and oxygen atoms in total. The minimum Gasteiger partial charge on any atom is -0.454 e. The van der Waals surface area contributed by atoms with Gasteiger partial charge in [-0.15, -0.1) is 0 Å². The van der Waals surface area contributed by atoms with E-state index in [4.69, 9.17) is 19.7 Å². The molecule has 0 fully saturated rings. The van der Waals surface area contributed by atoms with E-state index in [-0.39, 0.29) is 11.3 Å². The second kappa shape index (κ2) is 7.34. The van der Waals surface area contributed by atoms with Gasteiger partial charge in [-0.2, -0.15) is 0 Å². The van der Waals surface area contributed by atoms with Gasteiger partial charge in [0.25, 0.3) is 0 Å². The van der Waals surface area contributed by atoms with Crippen molar-refractivity contribution < 1.29 is 29.3 Å². The third-order valence-corrected chi connectivity index (χ3v) is 2.19. The summed E-state index contributed by atoms with van der Waals surface area (Å²) in [6.45, 7) is -0.916. The predicted molar refractivity (Wildman–Crippen MR) is 64.9 cm³/mol. The SMILES string of the molecule is CNC(=O)Oc1ccc(C(=O)OC(CO)CO)cc1. The van der Waals surface area contributed by atoms with Crippen molar-refractivity contribution in [3.05, 3.63) is 29.8 Å². The van der Waals surface area contributed by atoms with Crippen LogP contribution < -0.4 is 10.1 Å². The van der Waals surface area contributed by atoms with Crippen LogP contribution in [0.2, 0.25) is 0 Å². The number of hydrogen-bond donors (Lipinski definition) is 3. The Labute approximate surface area is 109 Å². The van der Waals surface area contributed by atoms with E-state index < -0.39 is 31.4 Å². The van der Waals surface area contributed by atoms with Crippen LogP contribution >= 0.6 is 0 Å². The van der Waals surface area contributed by atoms with Crippen LogP contribution in [0.5, 0.6) is 5.75 Å². The van der Waals surface area contributed by atoms with Gasteiger partial charge < -0.3 is 25.0 Å². The monoisotopic (exact) mass is 269 g/mol. The van der Waals surface area contributed by atoms with E-state index in [0.29, 0.717) is 0 Å². The molecule has 0 saturated carbocycles. The Morgan fingerprint density at radius 3 is 2.26 bits per heavy atom. The summed E-state index contributed by atoms with van der Waals surface area (Å²) in [5, 5.41) is 19.9. The standard InChI is InChI=1S/C12H15NO6/c1-13-12(17)19-9-4-2-8(3-5-9)11(16)18-10(6-14)7-15/h2-5,10,14-15H,6-7H2,1H3,(H,13,17). The molecule has 0 radical (unpaired) electrons. The molecule has 0 bridgehead atoms. The lowest BCUT2D eigenvalue weighted by atomic mass is 10.2. The fourth-order valence-electron chi connectivity index (χ4n) is 1.17. The molecule has 0 saturated heterocycles. The van der Waals surface area contributed by atoms with Gasteiger partial charge in [0.05, 0.1) is 18.8 Å². The Morgan fingerprint density at radius 2 is 1.79 bits per heavy atom. The zero-order valence-electron chi connectivity index (χ0n) is 10.3. The summed E-state index contributed by atoms with van der Waals surface area (Å²) in [6.07, 6.45) is -1.56. The Balaban J connectivity index is 2.65. The van der Waals surface area contributed by atoms with Crippen molar-refractivity contribution >= 4 is 12.1 Å². The fourth-order valence-corrected chi connectivity index (χ4v) is 1.17. The van der Waals surface area contributed by atoms with Crippen molar-refractivity contribution in [2.45, 2.75) is 6.10 Å². The number of rotatable bonds is 5. The number of ether oxygens (including phenoxy) is 2. The third-order valence-electron chi connectivity index (χ3n) is 2.19. The molecular weight excluding hydrogens is 254 g/mol. The lowest BCUT2D eigenvalue weighted by Crippen LogP contribution is -2.25. The summed E-state index contributed by atoms with van der Waals surface area (Å²) in [7, 11) is 1.43. The molecule has 0 atom stereocenters. The largest absolute Gasteiger partial charge is 0.454 e. The van der Waals surface area contributed by atoms with Gasteiger partial charge in [0.1, 0.15) is 11.9 Å². The summed E-state index contributed by atoms with van der Waals surface area (Å²) in [5.74, 6) is -0.406. The maximum atomic E-state index is 11.6. The number of carbonyl (C=O) groups is 2. The highest BCUT2D eigenvalue weighted by atomic mass is 16.6. The van der Waals surface area contributed by atoms with Gasteiger partial charge in [0.15, 0.2) is 0 Å². The van der Waals surface area contributed by atoms with E-state index in [0.717, 1.165) is 0 Å². The molecule has 3 N–H and O–H groups in total. The van der Waals surface area contributed by atoms with Crippen LogP contribution in [0.25, 0.3) is 0 Å². The number of aliphatic hydroxyl groups is 2. The summed E-state index contributed by atoms with van der Waals surface area (Å²) in [5.41, 5.74) is 0.219. The number of benzene rings is 1. The minimum absolute atomic E-state index is 0.219. The number of amides is 1. The normalized spacial score (nSPS) is 10.1. The average Bonchev–Trinajstić information content (AvgIpc) is 2.45. The van der Waals surface area contributed by atoms with E-state index in [1.165, 1.54) is 31.3 Å². The van der Waals surface area contributed by atoms with Crippen LogP contribution in [0, 0.1) is 0 Å². The van der Waals surface area contributed by atoms with Crippen molar-refractivity contribution in [1.29, 1.82) is 0 Å². The number of hydrogen-bond acceptors (Lipinski definition) is 6. The summed E-state index contributed by atoms with van der Waals surface area (Å²) in [6, 6.07) is 5.68.